The topological polar surface area (TPSA) is 13.1 Å². The molecule has 0 spiro atoms. The van der Waals surface area contributed by atoms with Gasteiger partial charge in [-0.15, -0.1) is 0 Å². The molecule has 7 aromatic carbocycles. The third kappa shape index (κ3) is 4.05. The molecule has 9 aromatic rings. The third-order valence-electron chi connectivity index (χ3n) is 8.74. The van der Waals surface area contributed by atoms with Gasteiger partial charge in [-0.2, -0.15) is 0 Å². The van der Waals surface area contributed by atoms with Crippen LogP contribution in [0.4, 0.5) is 17.1 Å². The van der Waals surface area contributed by atoms with E-state index in [4.69, 9.17) is 2.74 Å². The van der Waals surface area contributed by atoms with Crippen LogP contribution < -0.4 is 4.90 Å². The highest BCUT2D eigenvalue weighted by atomic mass is 15.1. The van der Waals surface area contributed by atoms with E-state index in [1.165, 1.54) is 21.5 Å². The summed E-state index contributed by atoms with van der Waals surface area (Å²) in [4.78, 5) is 2.22. The Bertz CT molecular complexity index is 2310. The van der Waals surface area contributed by atoms with Crippen LogP contribution in [-0.2, 0) is 0 Å². The van der Waals surface area contributed by atoms with Crippen molar-refractivity contribution in [3.05, 3.63) is 176 Å². The van der Waals surface area contributed by atoms with Gasteiger partial charge in [0, 0.05) is 32.9 Å². The minimum atomic E-state index is 0.459. The number of anilines is 3. The summed E-state index contributed by atoms with van der Waals surface area (Å²) in [6, 6.07) is 57.4. The normalized spacial score (nSPS) is 12.2. The van der Waals surface area contributed by atoms with E-state index < -0.39 is 0 Å². The van der Waals surface area contributed by atoms with E-state index in [0.29, 0.717) is 12.1 Å². The van der Waals surface area contributed by atoms with Crippen molar-refractivity contribution in [1.29, 1.82) is 0 Å². The fourth-order valence-electron chi connectivity index (χ4n) is 6.87. The highest BCUT2D eigenvalue weighted by Crippen LogP contribution is 2.41. The Balaban J connectivity index is 1.41. The van der Waals surface area contributed by atoms with Crippen LogP contribution in [0.2, 0.25) is 0 Å². The van der Waals surface area contributed by atoms with Gasteiger partial charge in [-0.3, -0.25) is 0 Å². The Labute approximate surface area is 264 Å². The Morgan fingerprint density at radius 3 is 1.04 bits per heavy atom. The summed E-state index contributed by atoms with van der Waals surface area (Å²) in [6.07, 6.45) is 0. The predicted octanol–water partition coefficient (Wildman–Crippen LogP) is 11.4. The monoisotopic (exact) mass is 579 g/mol. The van der Waals surface area contributed by atoms with Crippen molar-refractivity contribution in [2.45, 2.75) is 0 Å². The van der Waals surface area contributed by atoms with Gasteiger partial charge in [0.15, 0.2) is 0 Å². The molecule has 3 heteroatoms. The van der Waals surface area contributed by atoms with Crippen LogP contribution in [0.1, 0.15) is 2.74 Å². The number of rotatable bonds is 5. The molecule has 2 aromatic heterocycles. The minimum Gasteiger partial charge on any atom is -0.310 e. The fraction of sp³-hybridized carbons (Fsp3) is 0. The van der Waals surface area contributed by atoms with Gasteiger partial charge < -0.3 is 14.0 Å². The first kappa shape index (κ1) is 23.4. The van der Waals surface area contributed by atoms with Gasteiger partial charge in [0.25, 0.3) is 0 Å². The van der Waals surface area contributed by atoms with E-state index in [1.54, 1.807) is 0 Å². The fourth-order valence-corrected chi connectivity index (χ4v) is 6.87. The van der Waals surface area contributed by atoms with Crippen LogP contribution in [0.15, 0.2) is 176 Å². The molecule has 0 saturated heterocycles. The van der Waals surface area contributed by atoms with Crippen LogP contribution in [0.25, 0.3) is 55.0 Å². The van der Waals surface area contributed by atoms with E-state index in [-0.39, 0.29) is 0 Å². The summed E-state index contributed by atoms with van der Waals surface area (Å²) in [5.41, 5.74) is 9.48. The standard InChI is InChI=1S/C42H29N3/c1-3-15-30(16-4-1)43(31-17-5-2-6-18-31)32-27-33(44-39-23-11-7-19-35(39)36-20-8-12-24-40(36)44)29-34(28-32)45-41-25-13-9-21-37(41)38-22-10-14-26-42(38)45/h1-29H/i1T,2T. The smallest absolute Gasteiger partial charge is 0.0623 e. The zero-order valence-corrected chi connectivity index (χ0v) is 24.4. The van der Waals surface area contributed by atoms with Crippen LogP contribution in [0.3, 0.4) is 0 Å². The summed E-state index contributed by atoms with van der Waals surface area (Å²) < 4.78 is 21.1. The van der Waals surface area contributed by atoms with Gasteiger partial charge in [0.1, 0.15) is 0 Å². The maximum absolute atomic E-state index is 8.18. The molecule has 0 unspecified atom stereocenters. The molecular formula is C42H29N3. The van der Waals surface area contributed by atoms with E-state index in [2.05, 4.69) is 129 Å². The molecule has 0 amide bonds. The third-order valence-corrected chi connectivity index (χ3v) is 8.74. The van der Waals surface area contributed by atoms with Crippen molar-refractivity contribution >= 4 is 60.7 Å². The molecule has 0 aliphatic carbocycles. The Kier molecular flexibility index (Phi) is 5.35. The Morgan fingerprint density at radius 1 is 0.356 bits per heavy atom. The first-order valence-electron chi connectivity index (χ1n) is 16.2. The lowest BCUT2D eigenvalue weighted by atomic mass is 10.1. The molecule has 2 heterocycles. The molecule has 3 nitrogen and oxygen atoms in total. The lowest BCUT2D eigenvalue weighted by molar-refractivity contribution is 1.12. The Morgan fingerprint density at radius 2 is 0.689 bits per heavy atom. The van der Waals surface area contributed by atoms with Crippen molar-refractivity contribution < 1.29 is 2.74 Å². The quantitative estimate of drug-likeness (QED) is 0.198. The van der Waals surface area contributed by atoms with Crippen molar-refractivity contribution in [3.8, 4) is 11.4 Å². The largest absolute Gasteiger partial charge is 0.310 e. The lowest BCUT2D eigenvalue weighted by Gasteiger charge is -2.27. The molecule has 9 rings (SSSR count). The van der Waals surface area contributed by atoms with Crippen molar-refractivity contribution in [2.24, 2.45) is 0 Å². The van der Waals surface area contributed by atoms with Crippen LogP contribution in [0, 0.1) is 0 Å². The van der Waals surface area contributed by atoms with E-state index in [1.807, 2.05) is 48.5 Å². The first-order valence-corrected chi connectivity index (χ1v) is 15.2. The summed E-state index contributed by atoms with van der Waals surface area (Å²) in [7, 11) is 0. The minimum absolute atomic E-state index is 0.459. The van der Waals surface area contributed by atoms with Crippen molar-refractivity contribution in [2.75, 3.05) is 4.90 Å². The van der Waals surface area contributed by atoms with Gasteiger partial charge in [-0.1, -0.05) is 109 Å². The number of benzene rings is 7. The van der Waals surface area contributed by atoms with Crippen LogP contribution in [-0.4, -0.2) is 9.13 Å². The van der Waals surface area contributed by atoms with Gasteiger partial charge >= 0.3 is 0 Å². The number of nitrogens with zero attached hydrogens (tertiary/aromatic N) is 3. The van der Waals surface area contributed by atoms with Gasteiger partial charge in [-0.25, -0.2) is 0 Å². The van der Waals surface area contributed by atoms with E-state index in [0.717, 1.165) is 50.5 Å². The molecule has 0 N–H and O–H groups in total. The van der Waals surface area contributed by atoms with Gasteiger partial charge in [0.05, 0.1) is 41.9 Å². The molecule has 0 bridgehead atoms. The Hall–Kier alpha value is -6.06. The molecular weight excluding hydrogens is 546 g/mol. The zero-order valence-electron chi connectivity index (χ0n) is 26.4. The molecule has 0 atom stereocenters. The second kappa shape index (κ2) is 10.3. The number of hydrogen-bond donors (Lipinski definition) is 0. The molecule has 45 heavy (non-hydrogen) atoms. The van der Waals surface area contributed by atoms with Crippen molar-refractivity contribution in [1.82, 2.24) is 9.13 Å². The maximum Gasteiger partial charge on any atom is 0.0623 e. The summed E-state index contributed by atoms with van der Waals surface area (Å²) in [6.45, 7) is 0. The van der Waals surface area contributed by atoms with Gasteiger partial charge in [0.2, 0.25) is 0 Å². The number of para-hydroxylation sites is 6. The SMILES string of the molecule is [3H]c1ccc(N(c2ccc([3H])cc2)c2cc(-n3c4ccccc4c4ccccc43)cc(-n3c4ccccc4c4ccccc43)c2)cc1. The average molecular weight is 580 g/mol. The molecule has 0 radical (unpaired) electrons. The molecule has 0 fully saturated rings. The maximum atomic E-state index is 8.18. The second-order valence-electron chi connectivity index (χ2n) is 11.3. The summed E-state index contributed by atoms with van der Waals surface area (Å²) in [5, 5.41) is 4.84. The molecule has 0 aliphatic rings. The van der Waals surface area contributed by atoms with Gasteiger partial charge in [-0.05, 0) is 66.7 Å². The van der Waals surface area contributed by atoms with Crippen LogP contribution >= 0.6 is 0 Å². The first-order chi connectivity index (χ1) is 23.1. The second-order valence-corrected chi connectivity index (χ2v) is 11.3. The van der Waals surface area contributed by atoms with Crippen LogP contribution in [0.5, 0.6) is 0 Å². The molecule has 0 aliphatic heterocycles. The summed E-state index contributed by atoms with van der Waals surface area (Å²) >= 11 is 0. The molecule has 0 saturated carbocycles. The molecule has 212 valence electrons. The lowest BCUT2D eigenvalue weighted by Crippen LogP contribution is -2.11. The number of hydrogen-bond acceptors (Lipinski definition) is 1. The average Bonchev–Trinajstić information content (AvgIpc) is 3.63. The highest BCUT2D eigenvalue weighted by Gasteiger charge is 2.20. The predicted molar refractivity (Wildman–Crippen MR) is 190 cm³/mol. The van der Waals surface area contributed by atoms with E-state index in [9.17, 15) is 0 Å². The number of aromatic nitrogens is 2. The summed E-state index contributed by atoms with van der Waals surface area (Å²) in [5.74, 6) is 0. The highest BCUT2D eigenvalue weighted by molar-refractivity contribution is 6.10. The van der Waals surface area contributed by atoms with Crippen molar-refractivity contribution in [3.63, 3.8) is 0 Å². The number of fused-ring (bicyclic) bond motifs is 6. The van der Waals surface area contributed by atoms with E-state index >= 15 is 0 Å². The zero-order chi connectivity index (χ0) is 31.5.